The van der Waals surface area contributed by atoms with Crippen molar-refractivity contribution in [3.05, 3.63) is 0 Å². The molecule has 1 N–H and O–H groups in total. The molecule has 1 aliphatic rings. The Labute approximate surface area is 78.1 Å². The zero-order valence-corrected chi connectivity index (χ0v) is 7.66. The van der Waals surface area contributed by atoms with Gasteiger partial charge in [-0.1, -0.05) is 0 Å². The Morgan fingerprint density at radius 1 is 1.46 bits per heavy atom. The normalized spacial score (nSPS) is 29.2. The number of hydrogen-bond donors (Lipinski definition) is 1. The molecule has 74 valence electrons. The fourth-order valence-corrected chi connectivity index (χ4v) is 1.45. The summed E-state index contributed by atoms with van der Waals surface area (Å²) in [7, 11) is 0. The summed E-state index contributed by atoms with van der Waals surface area (Å²) in [6, 6.07) is 2.18. The van der Waals surface area contributed by atoms with Crippen molar-refractivity contribution in [2.45, 2.75) is 24.9 Å². The van der Waals surface area contributed by atoms with Crippen molar-refractivity contribution in [2.24, 2.45) is 0 Å². The molecule has 4 nitrogen and oxygen atoms in total. The molecular formula is C9H15NO3. The summed E-state index contributed by atoms with van der Waals surface area (Å²) in [5, 5.41) is 17.6. The van der Waals surface area contributed by atoms with E-state index in [4.69, 9.17) is 19.8 Å². The highest BCUT2D eigenvalue weighted by Crippen LogP contribution is 2.24. The second kappa shape index (κ2) is 5.18. The molecule has 1 heterocycles. The first-order chi connectivity index (χ1) is 6.33. The second-order valence-electron chi connectivity index (χ2n) is 3.14. The van der Waals surface area contributed by atoms with Crippen molar-refractivity contribution in [1.29, 1.82) is 5.26 Å². The molecule has 0 aromatic heterocycles. The molecule has 1 unspecified atom stereocenters. The summed E-state index contributed by atoms with van der Waals surface area (Å²) in [5.74, 6) is 0. The van der Waals surface area contributed by atoms with Gasteiger partial charge in [0.05, 0.1) is 25.9 Å². The number of aliphatic hydroxyl groups excluding tert-OH is 1. The molecule has 4 heteroatoms. The van der Waals surface area contributed by atoms with Gasteiger partial charge in [0.15, 0.2) is 5.60 Å². The van der Waals surface area contributed by atoms with Crippen LogP contribution in [-0.4, -0.2) is 37.1 Å². The van der Waals surface area contributed by atoms with E-state index in [9.17, 15) is 0 Å². The number of nitriles is 1. The molecule has 1 atom stereocenters. The summed E-state index contributed by atoms with van der Waals surface area (Å²) in [4.78, 5) is 0. The smallest absolute Gasteiger partial charge is 0.156 e. The first kappa shape index (κ1) is 10.5. The monoisotopic (exact) mass is 185 g/mol. The topological polar surface area (TPSA) is 62.5 Å². The minimum absolute atomic E-state index is 0.0374. The van der Waals surface area contributed by atoms with Crippen LogP contribution >= 0.6 is 0 Å². The van der Waals surface area contributed by atoms with Gasteiger partial charge in [-0.05, 0) is 12.8 Å². The van der Waals surface area contributed by atoms with Crippen LogP contribution in [0.1, 0.15) is 19.3 Å². The number of rotatable bonds is 3. The van der Waals surface area contributed by atoms with Crippen LogP contribution < -0.4 is 0 Å². The molecule has 1 aliphatic heterocycles. The van der Waals surface area contributed by atoms with E-state index in [2.05, 4.69) is 6.07 Å². The number of ether oxygens (including phenoxy) is 2. The van der Waals surface area contributed by atoms with E-state index in [-0.39, 0.29) is 13.2 Å². The van der Waals surface area contributed by atoms with Crippen molar-refractivity contribution in [3.63, 3.8) is 0 Å². The average molecular weight is 185 g/mol. The zero-order chi connectivity index (χ0) is 9.57. The molecule has 1 rings (SSSR count). The summed E-state index contributed by atoms with van der Waals surface area (Å²) in [6.07, 6.45) is 2.14. The van der Waals surface area contributed by atoms with Gasteiger partial charge >= 0.3 is 0 Å². The minimum atomic E-state index is -0.723. The summed E-state index contributed by atoms with van der Waals surface area (Å²) in [5.41, 5.74) is -0.723. The van der Waals surface area contributed by atoms with Crippen molar-refractivity contribution in [1.82, 2.24) is 0 Å². The van der Waals surface area contributed by atoms with E-state index >= 15 is 0 Å². The molecule has 0 amide bonds. The molecule has 0 radical (unpaired) electrons. The Bertz CT molecular complexity index is 180. The van der Waals surface area contributed by atoms with Gasteiger partial charge in [0.25, 0.3) is 0 Å². The molecule has 1 saturated heterocycles. The van der Waals surface area contributed by atoms with Crippen LogP contribution in [0.4, 0.5) is 0 Å². The first-order valence-corrected chi connectivity index (χ1v) is 4.57. The number of nitrogens with zero attached hydrogens (tertiary/aromatic N) is 1. The van der Waals surface area contributed by atoms with Crippen LogP contribution in [0.3, 0.4) is 0 Å². The quantitative estimate of drug-likeness (QED) is 0.693. The lowest BCUT2D eigenvalue weighted by Gasteiger charge is -2.23. The highest BCUT2D eigenvalue weighted by Gasteiger charge is 2.31. The van der Waals surface area contributed by atoms with Crippen molar-refractivity contribution in [3.8, 4) is 6.07 Å². The highest BCUT2D eigenvalue weighted by atomic mass is 16.5. The van der Waals surface area contributed by atoms with Gasteiger partial charge in [-0.25, -0.2) is 0 Å². The maximum absolute atomic E-state index is 8.98. The van der Waals surface area contributed by atoms with Gasteiger partial charge in [-0.3, -0.25) is 0 Å². The van der Waals surface area contributed by atoms with E-state index in [1.807, 2.05) is 0 Å². The third-order valence-corrected chi connectivity index (χ3v) is 2.19. The van der Waals surface area contributed by atoms with E-state index in [1.165, 1.54) is 0 Å². The molecule has 0 spiro atoms. The predicted molar refractivity (Wildman–Crippen MR) is 46.1 cm³/mol. The van der Waals surface area contributed by atoms with Crippen LogP contribution in [0.2, 0.25) is 0 Å². The molecule has 0 aliphatic carbocycles. The first-order valence-electron chi connectivity index (χ1n) is 4.57. The Morgan fingerprint density at radius 3 is 3.00 bits per heavy atom. The minimum Gasteiger partial charge on any atom is -0.394 e. The van der Waals surface area contributed by atoms with E-state index in [0.29, 0.717) is 26.1 Å². The lowest BCUT2D eigenvalue weighted by molar-refractivity contribution is -0.0310. The average Bonchev–Trinajstić information content (AvgIpc) is 2.41. The third kappa shape index (κ3) is 2.96. The maximum Gasteiger partial charge on any atom is 0.156 e. The molecule has 1 fully saturated rings. The van der Waals surface area contributed by atoms with Crippen LogP contribution in [-0.2, 0) is 9.47 Å². The van der Waals surface area contributed by atoms with Gasteiger partial charge in [-0.2, -0.15) is 5.26 Å². The molecule has 0 aromatic carbocycles. The van der Waals surface area contributed by atoms with Gasteiger partial charge in [-0.15, -0.1) is 0 Å². The maximum atomic E-state index is 8.98. The Balaban J connectivity index is 2.50. The van der Waals surface area contributed by atoms with Gasteiger partial charge < -0.3 is 14.6 Å². The van der Waals surface area contributed by atoms with Gasteiger partial charge in [0.1, 0.15) is 0 Å². The van der Waals surface area contributed by atoms with Gasteiger partial charge in [0, 0.05) is 13.0 Å². The van der Waals surface area contributed by atoms with Crippen molar-refractivity contribution in [2.75, 3.05) is 26.4 Å². The lowest BCUT2D eigenvalue weighted by Crippen LogP contribution is -2.32. The lowest BCUT2D eigenvalue weighted by atomic mass is 9.96. The summed E-state index contributed by atoms with van der Waals surface area (Å²) < 4.78 is 10.6. The van der Waals surface area contributed by atoms with Crippen LogP contribution in [0.25, 0.3) is 0 Å². The van der Waals surface area contributed by atoms with Crippen LogP contribution in [0, 0.1) is 11.3 Å². The summed E-state index contributed by atoms with van der Waals surface area (Å²) in [6.45, 7) is 1.46. The van der Waals surface area contributed by atoms with Crippen LogP contribution in [0.5, 0.6) is 0 Å². The molecular weight excluding hydrogens is 170 g/mol. The molecule has 0 aromatic rings. The fourth-order valence-electron chi connectivity index (χ4n) is 1.45. The fraction of sp³-hybridized carbons (Fsp3) is 0.889. The van der Waals surface area contributed by atoms with Crippen molar-refractivity contribution < 1.29 is 14.6 Å². The van der Waals surface area contributed by atoms with Crippen LogP contribution in [0.15, 0.2) is 0 Å². The van der Waals surface area contributed by atoms with Crippen molar-refractivity contribution >= 4 is 0 Å². The van der Waals surface area contributed by atoms with Gasteiger partial charge in [0.2, 0.25) is 0 Å². The standard InChI is InChI=1S/C9H15NO3/c10-8-9(13-7-4-11)2-1-5-12-6-3-9/h11H,1-7H2. The Hall–Kier alpha value is -0.630. The SMILES string of the molecule is N#CC1(OCCO)CCCOCC1. The van der Waals surface area contributed by atoms with E-state index in [1.54, 1.807) is 0 Å². The largest absolute Gasteiger partial charge is 0.394 e. The summed E-state index contributed by atoms with van der Waals surface area (Å²) >= 11 is 0. The molecule has 13 heavy (non-hydrogen) atoms. The van der Waals surface area contributed by atoms with E-state index in [0.717, 1.165) is 6.42 Å². The Kier molecular flexibility index (Phi) is 4.16. The number of hydrogen-bond acceptors (Lipinski definition) is 4. The predicted octanol–water partition coefficient (Wildman–Crippen LogP) is 0.458. The molecule has 0 bridgehead atoms. The Morgan fingerprint density at radius 2 is 2.31 bits per heavy atom. The zero-order valence-electron chi connectivity index (χ0n) is 7.66. The third-order valence-electron chi connectivity index (χ3n) is 2.19. The highest BCUT2D eigenvalue weighted by molar-refractivity contribution is 5.02. The van der Waals surface area contributed by atoms with E-state index < -0.39 is 5.60 Å². The second-order valence-corrected chi connectivity index (χ2v) is 3.14. The number of aliphatic hydroxyl groups is 1. The molecule has 0 saturated carbocycles.